The van der Waals surface area contributed by atoms with E-state index in [1.54, 1.807) is 0 Å². The summed E-state index contributed by atoms with van der Waals surface area (Å²) in [4.78, 5) is 17.3. The predicted octanol–water partition coefficient (Wildman–Crippen LogP) is 5.16. The normalized spacial score (nSPS) is 16.4. The Hall–Kier alpha value is -3.31. The molecular weight excluding hydrogens is 368 g/mol. The smallest absolute Gasteiger partial charge is 0.264 e. The van der Waals surface area contributed by atoms with Crippen LogP contribution in [0, 0.1) is 0 Å². The number of para-hydroxylation sites is 1. The van der Waals surface area contributed by atoms with Crippen molar-refractivity contribution in [2.45, 2.75) is 6.61 Å². The minimum Gasteiger partial charge on any atom is -0.489 e. The molecule has 5 heteroatoms. The third kappa shape index (κ3) is 4.69. The van der Waals surface area contributed by atoms with Crippen molar-refractivity contribution in [3.05, 3.63) is 101 Å². The Kier molecular flexibility index (Phi) is 5.54. The second kappa shape index (κ2) is 8.59. The highest BCUT2D eigenvalue weighted by Crippen LogP contribution is 2.28. The van der Waals surface area contributed by atoms with Gasteiger partial charge in [0.2, 0.25) is 0 Å². The summed E-state index contributed by atoms with van der Waals surface area (Å²) in [7, 11) is 0. The lowest BCUT2D eigenvalue weighted by Crippen LogP contribution is -2.19. The first-order valence-corrected chi connectivity index (χ1v) is 9.69. The largest absolute Gasteiger partial charge is 0.489 e. The molecule has 0 spiro atoms. The standard InChI is InChI=1S/C23H18N2O2S/c26-22-21(28-23(25-22)24-19-11-5-2-6-12-19)15-18-10-7-13-20(14-18)27-16-17-8-3-1-4-9-17/h1-15H,16H2,(H,24,25,26)/b21-15-. The average Bonchev–Trinajstić information content (AvgIpc) is 3.07. The number of rotatable bonds is 5. The van der Waals surface area contributed by atoms with Crippen LogP contribution >= 0.6 is 11.8 Å². The zero-order valence-corrected chi connectivity index (χ0v) is 15.9. The molecule has 0 unspecified atom stereocenters. The van der Waals surface area contributed by atoms with E-state index >= 15 is 0 Å². The molecule has 28 heavy (non-hydrogen) atoms. The Bertz CT molecular complexity index is 1030. The minimum absolute atomic E-state index is 0.143. The van der Waals surface area contributed by atoms with E-state index in [1.165, 1.54) is 11.8 Å². The monoisotopic (exact) mass is 386 g/mol. The van der Waals surface area contributed by atoms with Gasteiger partial charge in [-0.1, -0.05) is 60.7 Å². The number of nitrogens with one attached hydrogen (secondary N) is 1. The molecule has 1 amide bonds. The topological polar surface area (TPSA) is 50.7 Å². The summed E-state index contributed by atoms with van der Waals surface area (Å²) >= 11 is 1.33. The number of amides is 1. The van der Waals surface area contributed by atoms with Crippen LogP contribution in [-0.4, -0.2) is 11.1 Å². The summed E-state index contributed by atoms with van der Waals surface area (Å²) in [5.41, 5.74) is 2.82. The lowest BCUT2D eigenvalue weighted by Gasteiger charge is -2.07. The summed E-state index contributed by atoms with van der Waals surface area (Å²) in [6, 6.07) is 27.3. The molecule has 3 aromatic carbocycles. The zero-order chi connectivity index (χ0) is 19.2. The number of hydrogen-bond acceptors (Lipinski definition) is 4. The minimum atomic E-state index is -0.143. The van der Waals surface area contributed by atoms with Gasteiger partial charge in [-0.15, -0.1) is 0 Å². The van der Waals surface area contributed by atoms with Gasteiger partial charge >= 0.3 is 0 Å². The Morgan fingerprint density at radius 3 is 2.46 bits per heavy atom. The highest BCUT2D eigenvalue weighted by Gasteiger charge is 2.23. The highest BCUT2D eigenvalue weighted by atomic mass is 32.2. The van der Waals surface area contributed by atoms with Gasteiger partial charge in [-0.05, 0) is 53.2 Å². The number of benzene rings is 3. The molecule has 1 N–H and O–H groups in total. The zero-order valence-electron chi connectivity index (χ0n) is 15.0. The van der Waals surface area contributed by atoms with E-state index in [-0.39, 0.29) is 5.91 Å². The molecule has 0 saturated carbocycles. The lowest BCUT2D eigenvalue weighted by atomic mass is 10.2. The number of amidine groups is 1. The van der Waals surface area contributed by atoms with Crippen molar-refractivity contribution in [1.29, 1.82) is 0 Å². The van der Waals surface area contributed by atoms with Gasteiger partial charge in [0.25, 0.3) is 5.91 Å². The molecule has 0 aromatic heterocycles. The molecule has 4 nitrogen and oxygen atoms in total. The number of ether oxygens (including phenoxy) is 1. The van der Waals surface area contributed by atoms with Crippen LogP contribution in [0.4, 0.5) is 5.69 Å². The number of hydrogen-bond donors (Lipinski definition) is 1. The number of carbonyl (C=O) groups is 1. The van der Waals surface area contributed by atoms with Crippen molar-refractivity contribution >= 4 is 34.6 Å². The van der Waals surface area contributed by atoms with Crippen molar-refractivity contribution in [3.63, 3.8) is 0 Å². The molecule has 1 aliphatic heterocycles. The molecule has 0 atom stereocenters. The Labute approximate surface area is 168 Å². The van der Waals surface area contributed by atoms with Crippen LogP contribution in [0.2, 0.25) is 0 Å². The lowest BCUT2D eigenvalue weighted by molar-refractivity contribution is -0.115. The first kappa shape index (κ1) is 18.1. The molecule has 138 valence electrons. The van der Waals surface area contributed by atoms with Gasteiger partial charge in [0, 0.05) is 0 Å². The van der Waals surface area contributed by atoms with Gasteiger partial charge in [0.1, 0.15) is 12.4 Å². The van der Waals surface area contributed by atoms with Crippen LogP contribution in [0.15, 0.2) is 94.8 Å². The molecule has 1 aliphatic rings. The molecule has 0 aliphatic carbocycles. The maximum atomic E-state index is 12.3. The molecule has 0 bridgehead atoms. The molecule has 1 fully saturated rings. The van der Waals surface area contributed by atoms with Gasteiger partial charge in [-0.2, -0.15) is 0 Å². The number of nitrogens with zero attached hydrogens (tertiary/aromatic N) is 1. The van der Waals surface area contributed by atoms with Crippen molar-refractivity contribution < 1.29 is 9.53 Å². The number of carbonyl (C=O) groups excluding carboxylic acids is 1. The second-order valence-corrected chi connectivity index (χ2v) is 7.19. The van der Waals surface area contributed by atoms with Crippen molar-refractivity contribution in [1.82, 2.24) is 5.32 Å². The van der Waals surface area contributed by atoms with Gasteiger partial charge in [-0.3, -0.25) is 4.79 Å². The third-order valence-corrected chi connectivity index (χ3v) is 4.95. The molecule has 4 rings (SSSR count). The van der Waals surface area contributed by atoms with E-state index in [0.29, 0.717) is 16.7 Å². The number of aliphatic imine (C=N–C) groups is 1. The maximum Gasteiger partial charge on any atom is 0.264 e. The molecule has 0 radical (unpaired) electrons. The van der Waals surface area contributed by atoms with Crippen molar-refractivity contribution in [3.8, 4) is 5.75 Å². The quantitative estimate of drug-likeness (QED) is 0.617. The fourth-order valence-corrected chi connectivity index (χ4v) is 3.53. The van der Waals surface area contributed by atoms with Crippen LogP contribution in [0.3, 0.4) is 0 Å². The van der Waals surface area contributed by atoms with E-state index in [4.69, 9.17) is 4.74 Å². The first-order valence-electron chi connectivity index (χ1n) is 8.88. The van der Waals surface area contributed by atoms with Crippen molar-refractivity contribution in [2.75, 3.05) is 0 Å². The van der Waals surface area contributed by atoms with Crippen LogP contribution in [0.25, 0.3) is 6.08 Å². The van der Waals surface area contributed by atoms with Crippen LogP contribution in [0.1, 0.15) is 11.1 Å². The third-order valence-electron chi connectivity index (χ3n) is 4.04. The van der Waals surface area contributed by atoms with E-state index in [9.17, 15) is 4.79 Å². The summed E-state index contributed by atoms with van der Waals surface area (Å²) in [5.74, 6) is 0.620. The summed E-state index contributed by atoms with van der Waals surface area (Å²) in [6.07, 6.45) is 1.85. The van der Waals surface area contributed by atoms with Crippen LogP contribution in [0.5, 0.6) is 5.75 Å². The maximum absolute atomic E-state index is 12.3. The van der Waals surface area contributed by atoms with E-state index in [1.807, 2.05) is 91.0 Å². The fraction of sp³-hybridized carbons (Fsp3) is 0.0435. The van der Waals surface area contributed by atoms with Gasteiger partial charge in [-0.25, -0.2) is 4.99 Å². The highest BCUT2D eigenvalue weighted by molar-refractivity contribution is 8.18. The first-order chi connectivity index (χ1) is 13.8. The second-order valence-electron chi connectivity index (χ2n) is 6.16. The molecule has 1 saturated heterocycles. The van der Waals surface area contributed by atoms with Crippen molar-refractivity contribution in [2.24, 2.45) is 4.99 Å². The SMILES string of the molecule is O=C1NC(=Nc2ccccc2)S/C1=C\c1cccc(OCc2ccccc2)c1. The van der Waals surface area contributed by atoms with E-state index in [0.717, 1.165) is 22.6 Å². The van der Waals surface area contributed by atoms with Crippen LogP contribution in [-0.2, 0) is 11.4 Å². The van der Waals surface area contributed by atoms with Gasteiger partial charge in [0.05, 0.1) is 10.6 Å². The molecular formula is C23H18N2O2S. The van der Waals surface area contributed by atoms with Gasteiger partial charge in [0.15, 0.2) is 5.17 Å². The summed E-state index contributed by atoms with van der Waals surface area (Å²) in [6.45, 7) is 0.504. The van der Waals surface area contributed by atoms with E-state index < -0.39 is 0 Å². The van der Waals surface area contributed by atoms with Gasteiger partial charge < -0.3 is 10.1 Å². The van der Waals surface area contributed by atoms with E-state index in [2.05, 4.69) is 10.3 Å². The Morgan fingerprint density at radius 2 is 1.68 bits per heavy atom. The Morgan fingerprint density at radius 1 is 0.929 bits per heavy atom. The summed E-state index contributed by atoms with van der Waals surface area (Å²) in [5, 5.41) is 3.39. The molecule has 1 heterocycles. The van der Waals surface area contributed by atoms with Crippen LogP contribution < -0.4 is 10.1 Å². The predicted molar refractivity (Wildman–Crippen MR) is 114 cm³/mol. The average molecular weight is 386 g/mol. The molecule has 3 aromatic rings. The Balaban J connectivity index is 1.46. The number of thioether (sulfide) groups is 1. The summed E-state index contributed by atoms with van der Waals surface area (Å²) < 4.78 is 5.86. The fourth-order valence-electron chi connectivity index (χ4n) is 2.69.